The van der Waals surface area contributed by atoms with Gasteiger partial charge in [0.15, 0.2) is 5.17 Å². The molecule has 0 atom stereocenters. The van der Waals surface area contributed by atoms with Crippen LogP contribution in [0.4, 0.5) is 11.4 Å². The van der Waals surface area contributed by atoms with Gasteiger partial charge in [-0.1, -0.05) is 30.7 Å². The number of thioether (sulfide) groups is 1. The van der Waals surface area contributed by atoms with Crippen LogP contribution in [0.25, 0.3) is 0 Å². The van der Waals surface area contributed by atoms with Crippen molar-refractivity contribution in [1.82, 2.24) is 4.90 Å². The van der Waals surface area contributed by atoms with Crippen LogP contribution in [0.15, 0.2) is 35.5 Å². The molecule has 0 N–H and O–H groups in total. The van der Waals surface area contributed by atoms with E-state index in [1.54, 1.807) is 23.9 Å². The second kappa shape index (κ2) is 6.35. The molecule has 1 heterocycles. The van der Waals surface area contributed by atoms with E-state index in [4.69, 9.17) is 4.99 Å². The monoisotopic (exact) mass is 331 g/mol. The number of amidine groups is 1. The van der Waals surface area contributed by atoms with Crippen LogP contribution in [0.5, 0.6) is 0 Å². The second-order valence-electron chi connectivity index (χ2n) is 6.19. The van der Waals surface area contributed by atoms with Crippen LogP contribution in [0.1, 0.15) is 38.2 Å². The van der Waals surface area contributed by atoms with E-state index in [0.717, 1.165) is 22.2 Å². The van der Waals surface area contributed by atoms with Crippen LogP contribution in [-0.4, -0.2) is 26.3 Å². The van der Waals surface area contributed by atoms with Gasteiger partial charge in [0.2, 0.25) is 0 Å². The van der Waals surface area contributed by atoms with Crippen molar-refractivity contribution >= 4 is 28.3 Å². The highest BCUT2D eigenvalue weighted by atomic mass is 32.2. The summed E-state index contributed by atoms with van der Waals surface area (Å²) in [4.78, 5) is 17.6. The van der Waals surface area contributed by atoms with E-state index in [9.17, 15) is 10.1 Å². The van der Waals surface area contributed by atoms with Gasteiger partial charge < -0.3 is 4.90 Å². The quantitative estimate of drug-likeness (QED) is 0.590. The van der Waals surface area contributed by atoms with Gasteiger partial charge in [0.1, 0.15) is 0 Å². The van der Waals surface area contributed by atoms with Crippen molar-refractivity contribution in [3.05, 3.63) is 46.2 Å². The van der Waals surface area contributed by atoms with Gasteiger partial charge in [-0.25, -0.2) is 4.99 Å². The first-order valence-corrected chi connectivity index (χ1v) is 8.93. The Hall–Kier alpha value is -1.82. The zero-order valence-electron chi connectivity index (χ0n) is 13.5. The first-order valence-electron chi connectivity index (χ1n) is 7.94. The first kappa shape index (κ1) is 16.1. The molecule has 0 bridgehead atoms. The Balaban J connectivity index is 1.94. The maximum Gasteiger partial charge on any atom is 0.269 e. The minimum absolute atomic E-state index is 0.114. The zero-order chi connectivity index (χ0) is 16.4. The van der Waals surface area contributed by atoms with Crippen LogP contribution in [0.3, 0.4) is 0 Å². The highest BCUT2D eigenvalue weighted by Gasteiger charge is 2.45. The van der Waals surface area contributed by atoms with E-state index in [1.165, 1.54) is 31.7 Å². The highest BCUT2D eigenvalue weighted by molar-refractivity contribution is 8.14. The van der Waals surface area contributed by atoms with Gasteiger partial charge in [-0.3, -0.25) is 10.1 Å². The van der Waals surface area contributed by atoms with Crippen molar-refractivity contribution < 1.29 is 4.92 Å². The molecule has 0 aromatic heterocycles. The Kier molecular flexibility index (Phi) is 4.43. The average Bonchev–Trinajstić information content (AvgIpc) is 3.12. The van der Waals surface area contributed by atoms with Crippen molar-refractivity contribution in [3.63, 3.8) is 0 Å². The lowest BCUT2D eigenvalue weighted by Gasteiger charge is -2.32. The summed E-state index contributed by atoms with van der Waals surface area (Å²) >= 11 is 1.79. The van der Waals surface area contributed by atoms with Gasteiger partial charge >= 0.3 is 0 Å². The summed E-state index contributed by atoms with van der Waals surface area (Å²) in [6, 6.07) is 4.86. The maximum atomic E-state index is 10.9. The van der Waals surface area contributed by atoms with Gasteiger partial charge in [-0.15, -0.1) is 0 Å². The van der Waals surface area contributed by atoms with E-state index in [-0.39, 0.29) is 16.1 Å². The number of allylic oxidation sites excluding steroid dienone is 1. The number of nitro groups is 1. The number of benzene rings is 1. The van der Waals surface area contributed by atoms with Crippen LogP contribution in [0, 0.1) is 17.0 Å². The number of hydrogen-bond acceptors (Lipinski definition) is 4. The summed E-state index contributed by atoms with van der Waals surface area (Å²) in [5.74, 6) is 1.07. The second-order valence-corrected chi connectivity index (χ2v) is 7.14. The van der Waals surface area contributed by atoms with E-state index >= 15 is 0 Å². The summed E-state index contributed by atoms with van der Waals surface area (Å²) in [6.07, 6.45) is 9.16. The van der Waals surface area contributed by atoms with Crippen LogP contribution in [0.2, 0.25) is 0 Å². The van der Waals surface area contributed by atoms with E-state index in [2.05, 4.69) is 17.2 Å². The molecule has 1 spiro atoms. The van der Waals surface area contributed by atoms with Crippen molar-refractivity contribution in [2.45, 2.75) is 45.1 Å². The molecule has 1 aliphatic heterocycles. The molecule has 5 nitrogen and oxygen atoms in total. The molecule has 0 unspecified atom stereocenters. The van der Waals surface area contributed by atoms with Gasteiger partial charge in [0.25, 0.3) is 5.69 Å². The molecule has 0 amide bonds. The lowest BCUT2D eigenvalue weighted by Crippen LogP contribution is -2.41. The molecule has 1 saturated heterocycles. The predicted octanol–water partition coefficient (Wildman–Crippen LogP) is 4.79. The summed E-state index contributed by atoms with van der Waals surface area (Å²) in [7, 11) is 0. The Labute approximate surface area is 140 Å². The minimum atomic E-state index is -0.367. The van der Waals surface area contributed by atoms with E-state index in [1.807, 2.05) is 13.8 Å². The van der Waals surface area contributed by atoms with Crippen molar-refractivity contribution in [2.24, 2.45) is 4.99 Å². The fourth-order valence-corrected chi connectivity index (χ4v) is 4.78. The number of non-ortho nitro benzene ring substituents is 1. The number of aliphatic imine (C=N–C) groups is 1. The Bertz CT molecular complexity index is 678. The molecule has 2 aliphatic rings. The number of hydrogen-bond donors (Lipinski definition) is 0. The number of rotatable bonds is 3. The van der Waals surface area contributed by atoms with Crippen LogP contribution in [-0.2, 0) is 0 Å². The first-order chi connectivity index (χ1) is 11.1. The highest BCUT2D eigenvalue weighted by Crippen LogP contribution is 2.45. The third-order valence-electron chi connectivity index (χ3n) is 4.63. The summed E-state index contributed by atoms with van der Waals surface area (Å²) in [6.45, 7) is 3.90. The lowest BCUT2D eigenvalue weighted by atomic mass is 9.99. The van der Waals surface area contributed by atoms with E-state index in [0.29, 0.717) is 0 Å². The van der Waals surface area contributed by atoms with Crippen molar-refractivity contribution in [1.29, 1.82) is 0 Å². The Morgan fingerprint density at radius 1 is 1.39 bits per heavy atom. The third-order valence-corrected chi connectivity index (χ3v) is 5.85. The number of nitrogens with zero attached hydrogens (tertiary/aromatic N) is 3. The van der Waals surface area contributed by atoms with Gasteiger partial charge in [-0.2, -0.15) is 0 Å². The normalized spacial score (nSPS) is 21.8. The topological polar surface area (TPSA) is 58.7 Å². The smallest absolute Gasteiger partial charge is 0.269 e. The number of aryl methyl sites for hydroxylation is 1. The summed E-state index contributed by atoms with van der Waals surface area (Å²) in [5, 5.41) is 11.9. The molecule has 122 valence electrons. The van der Waals surface area contributed by atoms with E-state index < -0.39 is 0 Å². The lowest BCUT2D eigenvalue weighted by molar-refractivity contribution is -0.384. The Morgan fingerprint density at radius 2 is 2.13 bits per heavy atom. The maximum absolute atomic E-state index is 10.9. The molecular weight excluding hydrogens is 310 g/mol. The average molecular weight is 331 g/mol. The minimum Gasteiger partial charge on any atom is -0.321 e. The molecule has 1 saturated carbocycles. The molecule has 1 aromatic carbocycles. The molecule has 6 heteroatoms. The standard InChI is InChI=1S/C17H21N3O2S/c1-3-10-19-16(23-12-17(19)8-4-5-9-17)18-15-7-6-14(20(21)22)11-13(15)2/h3,6-7,10-11H,4-5,8-9,12H2,1-2H3. The third kappa shape index (κ3) is 3.00. The fraction of sp³-hybridized carbons (Fsp3) is 0.471. The van der Waals surface area contributed by atoms with Gasteiger partial charge in [0, 0.05) is 24.1 Å². The van der Waals surface area contributed by atoms with Gasteiger partial charge in [-0.05, 0) is 38.3 Å². The van der Waals surface area contributed by atoms with Crippen LogP contribution < -0.4 is 0 Å². The summed E-state index contributed by atoms with van der Waals surface area (Å²) in [5.41, 5.74) is 1.97. The Morgan fingerprint density at radius 3 is 2.74 bits per heavy atom. The van der Waals surface area contributed by atoms with Crippen molar-refractivity contribution in [3.8, 4) is 0 Å². The molecule has 0 radical (unpaired) electrons. The molecular formula is C17H21N3O2S. The number of nitro benzene ring substituents is 1. The predicted molar refractivity (Wildman–Crippen MR) is 95.2 cm³/mol. The van der Waals surface area contributed by atoms with Crippen molar-refractivity contribution in [2.75, 3.05) is 5.75 Å². The fourth-order valence-electron chi connectivity index (χ4n) is 3.40. The zero-order valence-corrected chi connectivity index (χ0v) is 14.3. The largest absolute Gasteiger partial charge is 0.321 e. The molecule has 23 heavy (non-hydrogen) atoms. The van der Waals surface area contributed by atoms with Gasteiger partial charge in [0.05, 0.1) is 16.1 Å². The molecule has 2 fully saturated rings. The molecule has 3 rings (SSSR count). The SMILES string of the molecule is CC=CN1C(=Nc2ccc([N+](=O)[O-])cc2C)SCC12CCCC2. The molecule has 1 aliphatic carbocycles. The molecule has 1 aromatic rings. The van der Waals surface area contributed by atoms with Crippen LogP contribution >= 0.6 is 11.8 Å². The summed E-state index contributed by atoms with van der Waals surface area (Å²) < 4.78 is 0.